The molecule has 0 spiro atoms. The molecule has 0 bridgehead atoms. The molecule has 1 fully saturated rings. The number of aromatic nitrogens is 1. The molecule has 88 valence electrons. The van der Waals surface area contributed by atoms with Gasteiger partial charge >= 0.3 is 5.97 Å². The van der Waals surface area contributed by atoms with Crippen LogP contribution in [0.15, 0.2) is 5.38 Å². The van der Waals surface area contributed by atoms with E-state index in [1.54, 1.807) is 5.38 Å². The van der Waals surface area contributed by atoms with Gasteiger partial charge < -0.3 is 10.0 Å². The number of thiazole rings is 1. The van der Waals surface area contributed by atoms with E-state index < -0.39 is 5.97 Å². The maximum absolute atomic E-state index is 10.8. The Morgan fingerprint density at radius 2 is 2.31 bits per heavy atom. The molecule has 1 aromatic heterocycles. The highest BCUT2D eigenvalue weighted by atomic mass is 32.1. The summed E-state index contributed by atoms with van der Waals surface area (Å²) in [5.41, 5.74) is 0.154. The second-order valence-corrected chi connectivity index (χ2v) is 5.02. The van der Waals surface area contributed by atoms with Gasteiger partial charge in [-0.1, -0.05) is 0 Å². The molecule has 1 N–H and O–H groups in total. The molecule has 0 aromatic carbocycles. The number of likely N-dealkylation sites (N-methyl/N-ethyl adjacent to an activating group) is 2. The van der Waals surface area contributed by atoms with Crippen molar-refractivity contribution in [2.24, 2.45) is 0 Å². The Balaban J connectivity index is 2.18. The third kappa shape index (κ3) is 2.23. The Labute approximate surface area is 98.3 Å². The maximum atomic E-state index is 10.8. The second kappa shape index (κ2) is 4.48. The van der Waals surface area contributed by atoms with Crippen LogP contribution in [-0.2, 0) is 0 Å². The van der Waals surface area contributed by atoms with Crippen molar-refractivity contribution in [3.63, 3.8) is 0 Å². The van der Waals surface area contributed by atoms with Crippen molar-refractivity contribution in [3.05, 3.63) is 16.1 Å². The van der Waals surface area contributed by atoms with Crippen molar-refractivity contribution in [3.8, 4) is 0 Å². The predicted octanol–water partition coefficient (Wildman–Crippen LogP) is 0.760. The third-order valence-corrected chi connectivity index (χ3v) is 3.82. The van der Waals surface area contributed by atoms with Gasteiger partial charge in [0.1, 0.15) is 5.01 Å². The normalized spacial score (nSPS) is 23.5. The first-order valence-electron chi connectivity index (χ1n) is 5.15. The Kier molecular flexibility index (Phi) is 3.22. The lowest BCUT2D eigenvalue weighted by Gasteiger charge is -2.36. The highest BCUT2D eigenvalue weighted by Crippen LogP contribution is 2.26. The summed E-state index contributed by atoms with van der Waals surface area (Å²) in [6, 6.07) is 0.219. The van der Waals surface area contributed by atoms with Crippen molar-refractivity contribution in [1.29, 1.82) is 0 Å². The average Bonchev–Trinajstić information content (AvgIpc) is 2.70. The number of hydrogen-bond acceptors (Lipinski definition) is 5. The van der Waals surface area contributed by atoms with Crippen LogP contribution in [0.5, 0.6) is 0 Å². The van der Waals surface area contributed by atoms with Crippen molar-refractivity contribution in [2.75, 3.05) is 33.7 Å². The van der Waals surface area contributed by atoms with E-state index in [1.165, 1.54) is 11.3 Å². The molecule has 0 amide bonds. The van der Waals surface area contributed by atoms with E-state index in [-0.39, 0.29) is 11.7 Å². The number of piperazine rings is 1. The lowest BCUT2D eigenvalue weighted by atomic mass is 10.2. The van der Waals surface area contributed by atoms with Crippen LogP contribution in [0.25, 0.3) is 0 Å². The summed E-state index contributed by atoms with van der Waals surface area (Å²) >= 11 is 1.43. The largest absolute Gasteiger partial charge is 0.476 e. The minimum absolute atomic E-state index is 0.154. The molecule has 16 heavy (non-hydrogen) atoms. The average molecular weight is 241 g/mol. The van der Waals surface area contributed by atoms with E-state index in [9.17, 15) is 4.79 Å². The SMILES string of the molecule is CN1CCN(C)C(c2nc(C(=O)O)cs2)C1. The molecular formula is C10H15N3O2S. The van der Waals surface area contributed by atoms with Gasteiger partial charge in [-0.15, -0.1) is 11.3 Å². The Morgan fingerprint density at radius 3 is 2.94 bits per heavy atom. The topological polar surface area (TPSA) is 56.7 Å². The zero-order valence-corrected chi connectivity index (χ0v) is 10.2. The van der Waals surface area contributed by atoms with Crippen molar-refractivity contribution in [2.45, 2.75) is 6.04 Å². The van der Waals surface area contributed by atoms with Gasteiger partial charge in [-0.2, -0.15) is 0 Å². The van der Waals surface area contributed by atoms with Gasteiger partial charge in [0.25, 0.3) is 0 Å². The second-order valence-electron chi connectivity index (χ2n) is 4.13. The monoisotopic (exact) mass is 241 g/mol. The first-order valence-corrected chi connectivity index (χ1v) is 6.03. The van der Waals surface area contributed by atoms with Gasteiger partial charge in [0.05, 0.1) is 6.04 Å². The summed E-state index contributed by atoms with van der Waals surface area (Å²) in [6.07, 6.45) is 0. The van der Waals surface area contributed by atoms with E-state index in [1.807, 2.05) is 0 Å². The molecule has 0 radical (unpaired) electrons. The Bertz CT molecular complexity index is 393. The maximum Gasteiger partial charge on any atom is 0.355 e. The summed E-state index contributed by atoms with van der Waals surface area (Å²) in [6.45, 7) is 2.94. The van der Waals surface area contributed by atoms with Crippen LogP contribution in [-0.4, -0.2) is 59.6 Å². The number of nitrogens with zero attached hydrogens (tertiary/aromatic N) is 3. The molecule has 1 aliphatic rings. The fraction of sp³-hybridized carbons (Fsp3) is 0.600. The number of aromatic carboxylic acids is 1. The van der Waals surface area contributed by atoms with Gasteiger partial charge in [0, 0.05) is 25.0 Å². The van der Waals surface area contributed by atoms with Gasteiger partial charge in [0.2, 0.25) is 0 Å². The number of carboxylic acids is 1. The molecule has 0 saturated carbocycles. The molecule has 1 unspecified atom stereocenters. The van der Waals surface area contributed by atoms with Crippen LogP contribution < -0.4 is 0 Å². The van der Waals surface area contributed by atoms with Gasteiger partial charge in [0.15, 0.2) is 5.69 Å². The zero-order valence-electron chi connectivity index (χ0n) is 9.38. The van der Waals surface area contributed by atoms with Gasteiger partial charge in [-0.05, 0) is 14.1 Å². The summed E-state index contributed by atoms with van der Waals surface area (Å²) < 4.78 is 0. The fourth-order valence-corrected chi connectivity index (χ4v) is 2.76. The molecule has 1 saturated heterocycles. The van der Waals surface area contributed by atoms with Crippen LogP contribution in [0.2, 0.25) is 0 Å². The molecule has 0 aliphatic carbocycles. The molecule has 6 heteroatoms. The van der Waals surface area contributed by atoms with Crippen LogP contribution in [0, 0.1) is 0 Å². The Morgan fingerprint density at radius 1 is 1.56 bits per heavy atom. The van der Waals surface area contributed by atoms with Crippen LogP contribution in [0.3, 0.4) is 0 Å². The van der Waals surface area contributed by atoms with Crippen molar-refractivity contribution < 1.29 is 9.90 Å². The molecule has 1 aliphatic heterocycles. The Hall–Kier alpha value is -0.980. The lowest BCUT2D eigenvalue weighted by Crippen LogP contribution is -2.44. The van der Waals surface area contributed by atoms with E-state index in [0.29, 0.717) is 0 Å². The van der Waals surface area contributed by atoms with Crippen molar-refractivity contribution >= 4 is 17.3 Å². The van der Waals surface area contributed by atoms with Crippen LogP contribution in [0.4, 0.5) is 0 Å². The minimum atomic E-state index is -0.950. The summed E-state index contributed by atoms with van der Waals surface area (Å²) in [5, 5.41) is 11.3. The highest BCUT2D eigenvalue weighted by molar-refractivity contribution is 7.09. The van der Waals surface area contributed by atoms with E-state index >= 15 is 0 Å². The van der Waals surface area contributed by atoms with Crippen LogP contribution >= 0.6 is 11.3 Å². The quantitative estimate of drug-likeness (QED) is 0.828. The van der Waals surface area contributed by atoms with E-state index in [2.05, 4.69) is 28.9 Å². The molecule has 1 aromatic rings. The summed E-state index contributed by atoms with van der Waals surface area (Å²) in [7, 11) is 4.13. The van der Waals surface area contributed by atoms with Gasteiger partial charge in [-0.3, -0.25) is 4.90 Å². The number of rotatable bonds is 2. The number of carbonyl (C=O) groups is 1. The molecule has 2 rings (SSSR count). The molecular weight excluding hydrogens is 226 g/mol. The molecule has 5 nitrogen and oxygen atoms in total. The van der Waals surface area contributed by atoms with E-state index in [4.69, 9.17) is 5.11 Å². The van der Waals surface area contributed by atoms with Crippen molar-refractivity contribution in [1.82, 2.24) is 14.8 Å². The summed E-state index contributed by atoms with van der Waals surface area (Å²) in [5.74, 6) is -0.950. The lowest BCUT2D eigenvalue weighted by molar-refractivity contribution is 0.0690. The van der Waals surface area contributed by atoms with E-state index in [0.717, 1.165) is 24.6 Å². The predicted molar refractivity (Wildman–Crippen MR) is 61.9 cm³/mol. The first kappa shape index (κ1) is 11.5. The zero-order chi connectivity index (χ0) is 11.7. The molecule has 2 heterocycles. The standard InChI is InChI=1S/C10H15N3O2S/c1-12-3-4-13(2)8(5-12)9-11-7(6-16-9)10(14)15/h6,8H,3-5H2,1-2H3,(H,14,15). The first-order chi connectivity index (χ1) is 7.58. The fourth-order valence-electron chi connectivity index (χ4n) is 1.82. The number of hydrogen-bond donors (Lipinski definition) is 1. The van der Waals surface area contributed by atoms with Gasteiger partial charge in [-0.25, -0.2) is 9.78 Å². The number of carboxylic acid groups (broad SMARTS) is 1. The summed E-state index contributed by atoms with van der Waals surface area (Å²) in [4.78, 5) is 19.4. The molecule has 1 atom stereocenters. The smallest absolute Gasteiger partial charge is 0.355 e. The highest BCUT2D eigenvalue weighted by Gasteiger charge is 2.26. The minimum Gasteiger partial charge on any atom is -0.476 e. The van der Waals surface area contributed by atoms with Crippen LogP contribution in [0.1, 0.15) is 21.5 Å². The third-order valence-electron chi connectivity index (χ3n) is 2.88.